The molecule has 1 aromatic rings. The van der Waals surface area contributed by atoms with E-state index in [2.05, 4.69) is 22.4 Å². The number of hydrogen-bond acceptors (Lipinski definition) is 3. The Kier molecular flexibility index (Phi) is 2.34. The predicted molar refractivity (Wildman–Crippen MR) is 62.1 cm³/mol. The van der Waals surface area contributed by atoms with Crippen molar-refractivity contribution in [1.29, 1.82) is 0 Å². The zero-order valence-corrected chi connectivity index (χ0v) is 9.67. The zero-order valence-electron chi connectivity index (χ0n) is 8.85. The quantitative estimate of drug-likeness (QED) is 0.840. The summed E-state index contributed by atoms with van der Waals surface area (Å²) >= 11 is 1.83. The van der Waals surface area contributed by atoms with Gasteiger partial charge in [-0.1, -0.05) is 6.07 Å². The Hall–Kier alpha value is -0.380. The molecule has 2 heterocycles. The Morgan fingerprint density at radius 3 is 2.87 bits per heavy atom. The maximum atomic E-state index is 10.1. The maximum absolute atomic E-state index is 10.1. The molecule has 1 N–H and O–H groups in total. The molecule has 0 amide bonds. The monoisotopic (exact) mass is 223 g/mol. The minimum absolute atomic E-state index is 0.310. The van der Waals surface area contributed by atoms with E-state index in [1.807, 2.05) is 11.3 Å². The molecule has 1 saturated heterocycles. The highest BCUT2D eigenvalue weighted by molar-refractivity contribution is 7.09. The van der Waals surface area contributed by atoms with Crippen LogP contribution in [0.15, 0.2) is 17.5 Å². The van der Waals surface area contributed by atoms with Crippen LogP contribution in [0.25, 0.3) is 0 Å². The van der Waals surface area contributed by atoms with Crippen LogP contribution in [-0.2, 0) is 6.42 Å². The Bertz CT molecular complexity index is 325. The molecule has 2 nitrogen and oxygen atoms in total. The average Bonchev–Trinajstić information content (AvgIpc) is 2.90. The lowest BCUT2D eigenvalue weighted by Gasteiger charge is -2.47. The number of hydrogen-bond donors (Lipinski definition) is 1. The van der Waals surface area contributed by atoms with Crippen LogP contribution in [0.4, 0.5) is 0 Å². The van der Waals surface area contributed by atoms with Gasteiger partial charge in [-0.3, -0.25) is 4.90 Å². The van der Waals surface area contributed by atoms with Crippen LogP contribution >= 0.6 is 11.3 Å². The highest BCUT2D eigenvalue weighted by Gasteiger charge is 2.51. The van der Waals surface area contributed by atoms with Gasteiger partial charge in [-0.2, -0.15) is 0 Å². The van der Waals surface area contributed by atoms with Crippen LogP contribution in [0.2, 0.25) is 0 Å². The molecule has 82 valence electrons. The molecule has 3 heteroatoms. The van der Waals surface area contributed by atoms with E-state index in [1.165, 1.54) is 17.7 Å². The maximum Gasteiger partial charge on any atom is 0.0928 e. The van der Waals surface area contributed by atoms with Gasteiger partial charge in [0.05, 0.1) is 5.60 Å². The van der Waals surface area contributed by atoms with Crippen molar-refractivity contribution in [3.05, 3.63) is 22.4 Å². The molecule has 2 aliphatic rings. The first-order chi connectivity index (χ1) is 7.26. The van der Waals surface area contributed by atoms with Crippen LogP contribution in [0.1, 0.15) is 17.7 Å². The van der Waals surface area contributed by atoms with Crippen LogP contribution in [0.3, 0.4) is 0 Å². The third kappa shape index (κ3) is 1.96. The molecule has 0 bridgehead atoms. The van der Waals surface area contributed by atoms with Crippen LogP contribution in [0.5, 0.6) is 0 Å². The van der Waals surface area contributed by atoms with E-state index < -0.39 is 0 Å². The van der Waals surface area contributed by atoms with E-state index in [9.17, 15) is 5.11 Å². The number of aliphatic hydroxyl groups is 1. The van der Waals surface area contributed by atoms with Gasteiger partial charge in [0.2, 0.25) is 0 Å². The molecular formula is C12H17NOS. The zero-order chi connectivity index (χ0) is 10.3. The Labute approximate surface area is 94.5 Å². The van der Waals surface area contributed by atoms with E-state index in [-0.39, 0.29) is 5.60 Å². The van der Waals surface area contributed by atoms with Gasteiger partial charge in [-0.15, -0.1) is 11.3 Å². The first kappa shape index (κ1) is 9.82. The van der Waals surface area contributed by atoms with Gasteiger partial charge < -0.3 is 5.11 Å². The van der Waals surface area contributed by atoms with Crippen LogP contribution in [-0.4, -0.2) is 35.2 Å². The molecule has 1 aliphatic carbocycles. The summed E-state index contributed by atoms with van der Waals surface area (Å²) in [6.07, 6.45) is 3.63. The van der Waals surface area contributed by atoms with Crippen molar-refractivity contribution in [2.45, 2.75) is 24.9 Å². The molecular weight excluding hydrogens is 206 g/mol. The van der Waals surface area contributed by atoms with Crippen molar-refractivity contribution in [1.82, 2.24) is 4.90 Å². The second-order valence-corrected chi connectivity index (χ2v) is 5.95. The topological polar surface area (TPSA) is 23.5 Å². The van der Waals surface area contributed by atoms with Crippen molar-refractivity contribution in [3.8, 4) is 0 Å². The smallest absolute Gasteiger partial charge is 0.0928 e. The van der Waals surface area contributed by atoms with Gasteiger partial charge in [0, 0.05) is 24.5 Å². The number of nitrogens with zero attached hydrogens (tertiary/aromatic N) is 1. The second-order valence-electron chi connectivity index (χ2n) is 4.92. The summed E-state index contributed by atoms with van der Waals surface area (Å²) in [4.78, 5) is 3.83. The first-order valence-corrected chi connectivity index (χ1v) is 6.61. The summed E-state index contributed by atoms with van der Waals surface area (Å²) in [5.41, 5.74) is -0.310. The molecule has 0 atom stereocenters. The van der Waals surface area contributed by atoms with Gasteiger partial charge >= 0.3 is 0 Å². The van der Waals surface area contributed by atoms with E-state index in [0.29, 0.717) is 5.92 Å². The number of β-amino-alcohol motifs (C(OH)–C–C–N with tert-alkyl or cyclic N) is 1. The van der Waals surface area contributed by atoms with Gasteiger partial charge in [-0.25, -0.2) is 0 Å². The summed E-state index contributed by atoms with van der Waals surface area (Å²) in [6.45, 7) is 2.92. The average molecular weight is 223 g/mol. The van der Waals surface area contributed by atoms with Gasteiger partial charge in [0.1, 0.15) is 0 Å². The Morgan fingerprint density at radius 2 is 2.27 bits per heavy atom. The van der Waals surface area contributed by atoms with E-state index >= 15 is 0 Å². The Balaban J connectivity index is 1.44. The highest BCUT2D eigenvalue weighted by atomic mass is 32.1. The number of likely N-dealkylation sites (tertiary alicyclic amines) is 1. The van der Waals surface area contributed by atoms with E-state index in [1.54, 1.807) is 0 Å². The molecule has 0 unspecified atom stereocenters. The first-order valence-electron chi connectivity index (χ1n) is 5.73. The summed E-state index contributed by atoms with van der Waals surface area (Å²) in [5.74, 6) is 0.621. The van der Waals surface area contributed by atoms with Crippen molar-refractivity contribution in [3.63, 3.8) is 0 Å². The minimum atomic E-state index is -0.310. The molecule has 1 saturated carbocycles. The fourth-order valence-electron chi connectivity index (χ4n) is 2.49. The summed E-state index contributed by atoms with van der Waals surface area (Å²) in [7, 11) is 0. The molecule has 15 heavy (non-hydrogen) atoms. The van der Waals surface area contributed by atoms with Gasteiger partial charge in [-0.05, 0) is 36.6 Å². The summed E-state index contributed by atoms with van der Waals surface area (Å²) in [6, 6.07) is 4.30. The van der Waals surface area contributed by atoms with Gasteiger partial charge in [0.25, 0.3) is 0 Å². The molecule has 3 rings (SSSR count). The lowest BCUT2D eigenvalue weighted by atomic mass is 9.88. The normalized spacial score (nSPS) is 25.1. The molecule has 0 spiro atoms. The summed E-state index contributed by atoms with van der Waals surface area (Å²) < 4.78 is 0. The standard InChI is InChI=1S/C12H17NOS/c14-12(10-3-4-10)8-13(9-12)6-5-11-2-1-7-15-11/h1-2,7,10,14H,3-6,8-9H2. The van der Waals surface area contributed by atoms with Gasteiger partial charge in [0.15, 0.2) is 0 Å². The van der Waals surface area contributed by atoms with E-state index in [4.69, 9.17) is 0 Å². The highest BCUT2D eigenvalue weighted by Crippen LogP contribution is 2.44. The molecule has 1 aromatic heterocycles. The number of rotatable bonds is 4. The molecule has 0 radical (unpaired) electrons. The van der Waals surface area contributed by atoms with Crippen molar-refractivity contribution < 1.29 is 5.11 Å². The lowest BCUT2D eigenvalue weighted by Crippen LogP contribution is -2.63. The third-order valence-electron chi connectivity index (χ3n) is 3.59. The van der Waals surface area contributed by atoms with Crippen molar-refractivity contribution in [2.24, 2.45) is 5.92 Å². The SMILES string of the molecule is OC1(C2CC2)CN(CCc2cccs2)C1. The minimum Gasteiger partial charge on any atom is -0.387 e. The largest absolute Gasteiger partial charge is 0.387 e. The van der Waals surface area contributed by atoms with Crippen LogP contribution < -0.4 is 0 Å². The Morgan fingerprint density at radius 1 is 1.47 bits per heavy atom. The second kappa shape index (κ2) is 3.58. The van der Waals surface area contributed by atoms with Crippen LogP contribution in [0, 0.1) is 5.92 Å². The lowest BCUT2D eigenvalue weighted by molar-refractivity contribution is -0.112. The fraction of sp³-hybridized carbons (Fsp3) is 0.667. The molecule has 2 fully saturated rings. The van der Waals surface area contributed by atoms with E-state index in [0.717, 1.165) is 26.1 Å². The van der Waals surface area contributed by atoms with Crippen molar-refractivity contribution >= 4 is 11.3 Å². The predicted octanol–water partition coefficient (Wildman–Crippen LogP) is 1.75. The van der Waals surface area contributed by atoms with Crippen molar-refractivity contribution in [2.75, 3.05) is 19.6 Å². The summed E-state index contributed by atoms with van der Waals surface area (Å²) in [5, 5.41) is 12.3. The fourth-order valence-corrected chi connectivity index (χ4v) is 3.19. The molecule has 1 aliphatic heterocycles. The molecule has 0 aromatic carbocycles. The third-order valence-corrected chi connectivity index (χ3v) is 4.52. The number of thiophene rings is 1.